The van der Waals surface area contributed by atoms with Gasteiger partial charge in [-0.15, -0.1) is 0 Å². The van der Waals surface area contributed by atoms with Crippen molar-refractivity contribution in [3.8, 4) is 23.0 Å². The van der Waals surface area contributed by atoms with E-state index in [0.717, 1.165) is 6.07 Å². The molecule has 2 aliphatic heterocycles. The normalized spacial score (nSPS) is 25.1. The Labute approximate surface area is 209 Å². The molecule has 8 N–H and O–H groups in total. The lowest BCUT2D eigenvalue weighted by atomic mass is 9.98. The Hall–Kier alpha value is -4.04. The first kappa shape index (κ1) is 26.0. The number of rotatable bonds is 7. The highest BCUT2D eigenvalue weighted by Crippen LogP contribution is 2.42. The molecule has 2 aliphatic rings. The van der Waals surface area contributed by atoms with E-state index in [1.54, 1.807) is 0 Å². The topological polar surface area (TPSA) is 215 Å². The number of hydrogen-bond donors (Lipinski definition) is 6. The maximum atomic E-state index is 11.6. The van der Waals surface area contributed by atoms with Gasteiger partial charge in [0.2, 0.25) is 12.7 Å². The Bertz CT molecular complexity index is 1210. The maximum Gasteiger partial charge on any atom is 0.527 e. The number of aliphatic hydroxyl groups is 3. The van der Waals surface area contributed by atoms with Crippen molar-refractivity contribution in [3.63, 3.8) is 0 Å². The summed E-state index contributed by atoms with van der Waals surface area (Å²) in [6.45, 7) is -0.611. The predicted molar refractivity (Wildman–Crippen MR) is 121 cm³/mol. The number of benzene rings is 2. The van der Waals surface area contributed by atoms with Crippen molar-refractivity contribution in [2.24, 2.45) is 0 Å². The van der Waals surface area contributed by atoms with Crippen LogP contribution in [-0.4, -0.2) is 85.0 Å². The average Bonchev–Trinajstić information content (AvgIpc) is 2.83. The Balaban J connectivity index is 1.62. The van der Waals surface area contributed by atoms with E-state index in [0.29, 0.717) is 5.56 Å². The van der Waals surface area contributed by atoms with Gasteiger partial charge < -0.3 is 54.7 Å². The second-order valence-electron chi connectivity index (χ2n) is 8.44. The van der Waals surface area contributed by atoms with Crippen molar-refractivity contribution in [2.45, 2.75) is 43.5 Å². The Morgan fingerprint density at radius 2 is 1.68 bits per heavy atom. The largest absolute Gasteiger partial charge is 0.564 e. The van der Waals surface area contributed by atoms with Gasteiger partial charge in [0.15, 0.2) is 5.76 Å². The van der Waals surface area contributed by atoms with Gasteiger partial charge in [0.05, 0.1) is 0 Å². The Morgan fingerprint density at radius 3 is 2.35 bits per heavy atom. The molecular formula is C24H25O13+. The van der Waals surface area contributed by atoms with Crippen molar-refractivity contribution >= 4 is 17.7 Å². The second kappa shape index (κ2) is 10.5. The van der Waals surface area contributed by atoms with Gasteiger partial charge in [-0.05, 0) is 24.3 Å². The molecule has 2 aromatic carbocycles. The number of fused-ring (bicyclic) bond motifs is 1. The number of carbonyl (C=O) groups excluding carboxylic acids is 2. The lowest BCUT2D eigenvalue weighted by Gasteiger charge is -2.40. The summed E-state index contributed by atoms with van der Waals surface area (Å²) < 4.78 is 22.1. The summed E-state index contributed by atoms with van der Waals surface area (Å²) in [5.41, 5.74) is 0.657. The van der Waals surface area contributed by atoms with Gasteiger partial charge in [0.25, 0.3) is 0 Å². The van der Waals surface area contributed by atoms with Gasteiger partial charge in [-0.25, -0.2) is 0 Å². The summed E-state index contributed by atoms with van der Waals surface area (Å²) in [6, 6.07) is 8.17. The molecule has 0 saturated carbocycles. The zero-order valence-corrected chi connectivity index (χ0v) is 19.1. The molecule has 13 heteroatoms. The molecule has 1 fully saturated rings. The summed E-state index contributed by atoms with van der Waals surface area (Å²) in [7, 11) is 0. The van der Waals surface area contributed by atoms with Crippen molar-refractivity contribution < 1.29 is 64.3 Å². The molecule has 0 bridgehead atoms. The van der Waals surface area contributed by atoms with Crippen LogP contribution in [0.3, 0.4) is 0 Å². The van der Waals surface area contributed by atoms with Gasteiger partial charge >= 0.3 is 11.9 Å². The van der Waals surface area contributed by atoms with Crippen LogP contribution < -0.4 is 4.74 Å². The third-order valence-corrected chi connectivity index (χ3v) is 5.74. The third kappa shape index (κ3) is 5.70. The Kier molecular flexibility index (Phi) is 7.40. The van der Waals surface area contributed by atoms with E-state index in [4.69, 9.17) is 24.1 Å². The van der Waals surface area contributed by atoms with Crippen LogP contribution in [0.2, 0.25) is 0 Å². The number of hydrogen-bond acceptors (Lipinski definition) is 12. The van der Waals surface area contributed by atoms with E-state index in [-0.39, 0.29) is 46.5 Å². The highest BCUT2D eigenvalue weighted by molar-refractivity contribution is 5.90. The number of ether oxygens (including phenoxy) is 4. The Morgan fingerprint density at radius 1 is 0.973 bits per heavy atom. The van der Waals surface area contributed by atoms with Crippen LogP contribution in [-0.2, 0) is 30.2 Å². The molecule has 4 rings (SSSR count). The molecule has 0 radical (unpaired) electrons. The highest BCUT2D eigenvalue weighted by atomic mass is 16.7. The minimum absolute atomic E-state index is 0.0223. The zero-order chi connectivity index (χ0) is 26.9. The van der Waals surface area contributed by atoms with Crippen LogP contribution >= 0.6 is 0 Å². The van der Waals surface area contributed by atoms with Crippen LogP contribution in [0.1, 0.15) is 17.5 Å². The number of allylic oxidation sites excluding steroid dienone is 1. The van der Waals surface area contributed by atoms with Crippen LogP contribution in [0, 0.1) is 0 Å². The van der Waals surface area contributed by atoms with Crippen molar-refractivity contribution in [1.29, 1.82) is 0 Å². The van der Waals surface area contributed by atoms with E-state index >= 15 is 0 Å². The predicted octanol–water partition coefficient (Wildman–Crippen LogP) is -0.884. The number of aliphatic hydroxyl groups excluding tert-OH is 3. The molecule has 13 nitrogen and oxygen atoms in total. The quantitative estimate of drug-likeness (QED) is 0.149. The maximum absolute atomic E-state index is 11.6. The molecule has 0 spiro atoms. The first-order valence-corrected chi connectivity index (χ1v) is 11.0. The highest BCUT2D eigenvalue weighted by Gasteiger charge is 2.46. The first-order valence-electron chi connectivity index (χ1n) is 11.0. The fourth-order valence-corrected chi connectivity index (χ4v) is 3.87. The van der Waals surface area contributed by atoms with E-state index in [9.17, 15) is 40.2 Å². The second-order valence-corrected chi connectivity index (χ2v) is 8.44. The minimum atomic E-state index is -1.78. The summed E-state index contributed by atoms with van der Waals surface area (Å²) in [5, 5.41) is 67.8. The number of aromatic hydroxyl groups is 3. The summed E-state index contributed by atoms with van der Waals surface area (Å²) >= 11 is 0. The molecule has 198 valence electrons. The van der Waals surface area contributed by atoms with Gasteiger partial charge in [0.1, 0.15) is 59.8 Å². The minimum Gasteiger partial charge on any atom is -0.564 e. The average molecular weight is 521 g/mol. The van der Waals surface area contributed by atoms with Crippen LogP contribution in [0.15, 0.2) is 42.2 Å². The molecule has 1 saturated heterocycles. The lowest BCUT2D eigenvalue weighted by molar-refractivity contribution is -0.292. The van der Waals surface area contributed by atoms with Crippen LogP contribution in [0.25, 0.3) is 5.76 Å². The lowest BCUT2D eigenvalue weighted by Crippen LogP contribution is -2.59. The summed E-state index contributed by atoms with van der Waals surface area (Å²) in [5.74, 6) is -2.54. The number of esters is 1. The number of phenolic OH excluding ortho intramolecular Hbond substituents is 3. The fraction of sp³-hybridized carbons (Fsp3) is 0.333. The zero-order valence-electron chi connectivity index (χ0n) is 19.1. The molecule has 0 unspecified atom stereocenters. The van der Waals surface area contributed by atoms with Crippen molar-refractivity contribution in [2.75, 3.05) is 6.61 Å². The molecular weight excluding hydrogens is 496 g/mol. The van der Waals surface area contributed by atoms with E-state index < -0.39 is 55.7 Å². The van der Waals surface area contributed by atoms with Crippen molar-refractivity contribution in [1.82, 2.24) is 0 Å². The smallest absolute Gasteiger partial charge is 0.527 e. The van der Waals surface area contributed by atoms with Crippen molar-refractivity contribution in [3.05, 3.63) is 53.3 Å². The standard InChI is InChI=1S/C24H24O13/c25-11-3-1-10(2-4-11)23-16(7-13-14(27)5-12(26)6-15(13)35-23)36-24-22(33)21(32)20(31)17(37-24)9-34-19(30)8-18(28)29/h1-6,17,20-22,24-27,31-33H,7-9H2,(H,28,29)/p+1/t17-,20-,21+,22-,24-/m1/s1. The van der Waals surface area contributed by atoms with Gasteiger partial charge in [-0.1, -0.05) is 0 Å². The molecule has 37 heavy (non-hydrogen) atoms. The summed E-state index contributed by atoms with van der Waals surface area (Å²) in [4.78, 5) is 22.4. The number of phenols is 3. The van der Waals surface area contributed by atoms with Gasteiger partial charge in [-0.2, -0.15) is 0 Å². The molecule has 2 heterocycles. The third-order valence-electron chi connectivity index (χ3n) is 5.74. The molecule has 5 atom stereocenters. The molecule has 0 aliphatic carbocycles. The van der Waals surface area contributed by atoms with Gasteiger partial charge in [0, 0.05) is 34.5 Å². The number of carbonyl (C=O) groups is 2. The van der Waals surface area contributed by atoms with E-state index in [1.165, 1.54) is 30.3 Å². The molecule has 0 amide bonds. The summed E-state index contributed by atoms with van der Waals surface area (Å²) in [6.07, 6.45) is -9.11. The SMILES string of the molecule is O=C([OH2+])CC(=O)OC[C@H]1O[C@@H](OC2=C(c3ccc(O)cc3)Oc3cc(O)cc(O)c3C2)[C@H](O)[C@@H](O)[C@@H]1O. The van der Waals surface area contributed by atoms with Crippen LogP contribution in [0.4, 0.5) is 0 Å². The monoisotopic (exact) mass is 521 g/mol. The van der Waals surface area contributed by atoms with Gasteiger partial charge in [-0.3, -0.25) is 4.79 Å². The molecule has 2 aromatic rings. The van der Waals surface area contributed by atoms with Crippen LogP contribution in [0.5, 0.6) is 23.0 Å². The first-order chi connectivity index (χ1) is 17.5. The van der Waals surface area contributed by atoms with E-state index in [2.05, 4.69) is 0 Å². The fourth-order valence-electron chi connectivity index (χ4n) is 3.87. The van der Waals surface area contributed by atoms with E-state index in [1.807, 2.05) is 0 Å². The molecule has 0 aromatic heterocycles.